The zero-order chi connectivity index (χ0) is 21.1. The van der Waals surface area contributed by atoms with Gasteiger partial charge in [0.25, 0.3) is 0 Å². The van der Waals surface area contributed by atoms with Crippen LogP contribution in [0.15, 0.2) is 71.6 Å². The topological polar surface area (TPSA) is 77.8 Å². The van der Waals surface area contributed by atoms with E-state index in [1.165, 1.54) is 36.4 Å². The maximum Gasteiger partial charge on any atom is 0.328 e. The summed E-state index contributed by atoms with van der Waals surface area (Å²) in [5.41, 5.74) is 1.42. The van der Waals surface area contributed by atoms with E-state index in [0.29, 0.717) is 12.2 Å². The van der Waals surface area contributed by atoms with Crippen LogP contribution in [0.3, 0.4) is 0 Å². The molecular weight excluding hydrogens is 410 g/mol. The second-order valence-electron chi connectivity index (χ2n) is 6.54. The van der Waals surface area contributed by atoms with Crippen LogP contribution in [-0.2, 0) is 16.1 Å². The summed E-state index contributed by atoms with van der Waals surface area (Å²) in [6, 6.07) is 19.0. The van der Waals surface area contributed by atoms with E-state index in [4.69, 9.17) is 21.8 Å². The molecule has 0 atom stereocenters. The molecule has 1 aliphatic heterocycles. The van der Waals surface area contributed by atoms with Crippen LogP contribution >= 0.6 is 23.4 Å². The lowest BCUT2D eigenvalue weighted by Crippen LogP contribution is -2.34. The summed E-state index contributed by atoms with van der Waals surface area (Å²) in [4.78, 5) is 23.0. The van der Waals surface area contributed by atoms with E-state index in [9.17, 15) is 9.59 Å². The van der Waals surface area contributed by atoms with Crippen molar-refractivity contribution in [1.29, 1.82) is 0 Å². The quantitative estimate of drug-likeness (QED) is 0.636. The maximum atomic E-state index is 9.55. The number of carboxylic acid groups (broad SMARTS) is 2. The van der Waals surface area contributed by atoms with E-state index < -0.39 is 11.9 Å². The minimum atomic E-state index is -1.26. The van der Waals surface area contributed by atoms with Gasteiger partial charge < -0.3 is 10.2 Å². The van der Waals surface area contributed by atoms with Crippen LogP contribution in [0.5, 0.6) is 0 Å². The number of piperidine rings is 1. The van der Waals surface area contributed by atoms with Crippen LogP contribution in [0.1, 0.15) is 18.4 Å². The molecule has 0 aliphatic carbocycles. The van der Waals surface area contributed by atoms with Crippen molar-refractivity contribution in [2.45, 2.75) is 29.5 Å². The molecule has 0 spiro atoms. The highest BCUT2D eigenvalue weighted by Gasteiger charge is 2.20. The minimum absolute atomic E-state index is 0.558. The lowest BCUT2D eigenvalue weighted by atomic mass is 10.1. The van der Waals surface area contributed by atoms with Crippen molar-refractivity contribution in [3.63, 3.8) is 0 Å². The first-order valence-electron chi connectivity index (χ1n) is 9.25. The smallest absolute Gasteiger partial charge is 0.328 e. The molecule has 5 nitrogen and oxygen atoms in total. The Balaban J connectivity index is 0.000000321. The largest absolute Gasteiger partial charge is 0.478 e. The number of carboxylic acids is 2. The number of aliphatic carboxylic acids is 2. The molecule has 2 aromatic rings. The fourth-order valence-corrected chi connectivity index (χ4v) is 4.13. The molecular formula is C22H24ClNO4S. The average Bonchev–Trinajstić information content (AvgIpc) is 2.71. The van der Waals surface area contributed by atoms with Gasteiger partial charge in [-0.3, -0.25) is 4.90 Å². The van der Waals surface area contributed by atoms with Crippen molar-refractivity contribution in [1.82, 2.24) is 4.90 Å². The first kappa shape index (κ1) is 23.0. The Hall–Kier alpha value is -2.28. The molecule has 2 aromatic carbocycles. The molecule has 0 amide bonds. The van der Waals surface area contributed by atoms with Crippen molar-refractivity contribution >= 4 is 35.3 Å². The van der Waals surface area contributed by atoms with Crippen LogP contribution in [0.2, 0.25) is 5.02 Å². The van der Waals surface area contributed by atoms with Gasteiger partial charge >= 0.3 is 11.9 Å². The van der Waals surface area contributed by atoms with Crippen molar-refractivity contribution in [3.8, 4) is 0 Å². The molecule has 1 heterocycles. The predicted octanol–water partition coefficient (Wildman–Crippen LogP) is 4.81. The lowest BCUT2D eigenvalue weighted by molar-refractivity contribution is -0.134. The summed E-state index contributed by atoms with van der Waals surface area (Å²) >= 11 is 7.93. The van der Waals surface area contributed by atoms with E-state index in [1.54, 1.807) is 0 Å². The van der Waals surface area contributed by atoms with Crippen LogP contribution in [0.25, 0.3) is 0 Å². The molecule has 0 radical (unpaired) electrons. The summed E-state index contributed by atoms with van der Waals surface area (Å²) in [6.45, 7) is 3.47. The molecule has 2 N–H and O–H groups in total. The van der Waals surface area contributed by atoms with Crippen LogP contribution in [-0.4, -0.2) is 45.4 Å². The number of likely N-dealkylation sites (tertiary alicyclic amines) is 1. The number of halogens is 1. The summed E-state index contributed by atoms with van der Waals surface area (Å²) in [5.74, 6) is -2.51. The Kier molecular flexibility index (Phi) is 9.77. The number of hydrogen-bond acceptors (Lipinski definition) is 4. The molecule has 0 saturated carbocycles. The molecule has 3 rings (SSSR count). The molecule has 1 aliphatic rings. The highest BCUT2D eigenvalue weighted by atomic mass is 35.5. The Morgan fingerprint density at radius 3 is 2.03 bits per heavy atom. The summed E-state index contributed by atoms with van der Waals surface area (Å²) in [6.07, 6.45) is 3.64. The van der Waals surface area contributed by atoms with Gasteiger partial charge in [0.2, 0.25) is 0 Å². The summed E-state index contributed by atoms with van der Waals surface area (Å²) in [7, 11) is 0. The highest BCUT2D eigenvalue weighted by Crippen LogP contribution is 2.31. The van der Waals surface area contributed by atoms with Crippen LogP contribution in [0, 0.1) is 0 Å². The number of hydrogen-bond donors (Lipinski definition) is 2. The van der Waals surface area contributed by atoms with Gasteiger partial charge in [-0.05, 0) is 55.8 Å². The SMILES string of the molecule is Clc1ccc(SC2CCN(Cc3ccccc3)CC2)cc1.O=C(O)/C=C\C(=O)O. The normalized spacial score (nSPS) is 14.9. The van der Waals surface area contributed by atoms with Crippen molar-refractivity contribution in [2.24, 2.45) is 0 Å². The molecule has 29 heavy (non-hydrogen) atoms. The molecule has 0 bridgehead atoms. The van der Waals surface area contributed by atoms with E-state index in [-0.39, 0.29) is 0 Å². The van der Waals surface area contributed by atoms with Crippen LogP contribution in [0.4, 0.5) is 0 Å². The van der Waals surface area contributed by atoms with E-state index >= 15 is 0 Å². The van der Waals surface area contributed by atoms with Gasteiger partial charge in [-0.15, -0.1) is 11.8 Å². The third-order valence-electron chi connectivity index (χ3n) is 4.27. The first-order chi connectivity index (χ1) is 13.9. The third-order valence-corrected chi connectivity index (χ3v) is 5.87. The zero-order valence-corrected chi connectivity index (χ0v) is 17.5. The van der Waals surface area contributed by atoms with Crippen LogP contribution < -0.4 is 0 Å². The van der Waals surface area contributed by atoms with Gasteiger partial charge in [-0.25, -0.2) is 9.59 Å². The molecule has 154 valence electrons. The van der Waals surface area contributed by atoms with E-state index in [0.717, 1.165) is 16.8 Å². The summed E-state index contributed by atoms with van der Waals surface area (Å²) < 4.78 is 0. The molecule has 7 heteroatoms. The van der Waals surface area contributed by atoms with Crippen molar-refractivity contribution < 1.29 is 19.8 Å². The third kappa shape index (κ3) is 9.65. The Bertz CT molecular complexity index is 787. The van der Waals surface area contributed by atoms with E-state index in [1.807, 2.05) is 23.9 Å². The maximum absolute atomic E-state index is 9.55. The van der Waals surface area contributed by atoms with Gasteiger partial charge in [-0.2, -0.15) is 0 Å². The number of benzene rings is 2. The van der Waals surface area contributed by atoms with Gasteiger partial charge in [0.15, 0.2) is 0 Å². The molecule has 1 saturated heterocycles. The van der Waals surface area contributed by atoms with Gasteiger partial charge in [-0.1, -0.05) is 41.9 Å². The molecule has 0 aromatic heterocycles. The van der Waals surface area contributed by atoms with Gasteiger partial charge in [0.05, 0.1) is 0 Å². The average molecular weight is 434 g/mol. The second-order valence-corrected chi connectivity index (χ2v) is 8.35. The van der Waals surface area contributed by atoms with Crippen molar-refractivity contribution in [3.05, 3.63) is 77.3 Å². The molecule has 1 fully saturated rings. The van der Waals surface area contributed by atoms with Gasteiger partial charge in [0, 0.05) is 33.9 Å². The highest BCUT2D eigenvalue weighted by molar-refractivity contribution is 8.00. The summed E-state index contributed by atoms with van der Waals surface area (Å²) in [5, 5.41) is 17.2. The first-order valence-corrected chi connectivity index (χ1v) is 10.5. The Labute approximate surface area is 180 Å². The Morgan fingerprint density at radius 1 is 0.966 bits per heavy atom. The van der Waals surface area contributed by atoms with Crippen molar-refractivity contribution in [2.75, 3.05) is 13.1 Å². The zero-order valence-electron chi connectivity index (χ0n) is 15.9. The van der Waals surface area contributed by atoms with E-state index in [2.05, 4.69) is 47.4 Å². The standard InChI is InChI=1S/C18H20ClNS.C4H4O4/c19-16-6-8-17(9-7-16)21-18-10-12-20(13-11-18)14-15-4-2-1-3-5-15;5-3(6)1-2-4(7)8/h1-9,18H,10-14H2;1-2H,(H,5,6)(H,7,8)/b;2-1-. The number of rotatable bonds is 6. The second kappa shape index (κ2) is 12.3. The predicted molar refractivity (Wildman–Crippen MR) is 116 cm³/mol. The number of nitrogens with zero attached hydrogens (tertiary/aromatic N) is 1. The fraction of sp³-hybridized carbons (Fsp3) is 0.273. The monoisotopic (exact) mass is 433 g/mol. The Morgan fingerprint density at radius 2 is 1.52 bits per heavy atom. The van der Waals surface area contributed by atoms with Gasteiger partial charge in [0.1, 0.15) is 0 Å². The fourth-order valence-electron chi connectivity index (χ4n) is 2.88. The molecule has 0 unspecified atom stereocenters. The number of carbonyl (C=O) groups is 2. The minimum Gasteiger partial charge on any atom is -0.478 e. The number of thioether (sulfide) groups is 1. The lowest BCUT2D eigenvalue weighted by Gasteiger charge is -2.31.